The monoisotopic (exact) mass is 393 g/mol. The number of ether oxygens (including phenoxy) is 1. The Bertz CT molecular complexity index is 661. The summed E-state index contributed by atoms with van der Waals surface area (Å²) in [6.07, 6.45) is 5.43. The lowest BCUT2D eigenvalue weighted by Crippen LogP contribution is -2.41. The molecule has 150 valence electrons. The maximum absolute atomic E-state index is 12.5. The second-order valence-electron chi connectivity index (χ2n) is 8.11. The number of nitrogens with one attached hydrogen (secondary N) is 1. The molecule has 4 atom stereocenters. The number of hydrogen-bond acceptors (Lipinski definition) is 6. The number of carbonyl (C=O) groups excluding carboxylic acids is 1. The highest BCUT2D eigenvalue weighted by atomic mass is 32.2. The maximum Gasteiger partial charge on any atom is 0.230 e. The van der Waals surface area contributed by atoms with Crippen LogP contribution in [0.15, 0.2) is 5.16 Å². The molecule has 1 N–H and O–H groups in total. The van der Waals surface area contributed by atoms with Gasteiger partial charge in [-0.3, -0.25) is 9.36 Å². The zero-order valence-electron chi connectivity index (χ0n) is 16.4. The van der Waals surface area contributed by atoms with Gasteiger partial charge in [-0.2, -0.15) is 0 Å². The molecule has 7 nitrogen and oxygen atoms in total. The van der Waals surface area contributed by atoms with E-state index < -0.39 is 0 Å². The number of amides is 1. The van der Waals surface area contributed by atoms with Crippen LogP contribution in [0.25, 0.3) is 0 Å². The summed E-state index contributed by atoms with van der Waals surface area (Å²) in [6, 6.07) is 0.279. The molecule has 0 spiro atoms. The van der Waals surface area contributed by atoms with Crippen LogP contribution in [0.3, 0.4) is 0 Å². The maximum atomic E-state index is 12.5. The zero-order valence-corrected chi connectivity index (χ0v) is 17.2. The van der Waals surface area contributed by atoms with E-state index in [1.54, 1.807) is 0 Å². The minimum Gasteiger partial charge on any atom is -0.378 e. The number of hydrogen-bond donors (Lipinski definition) is 1. The summed E-state index contributed by atoms with van der Waals surface area (Å²) in [5, 5.41) is 12.8. The third-order valence-electron chi connectivity index (χ3n) is 6.46. The van der Waals surface area contributed by atoms with Crippen molar-refractivity contribution in [2.45, 2.75) is 57.3 Å². The van der Waals surface area contributed by atoms with Crippen LogP contribution in [0.5, 0.6) is 0 Å². The van der Waals surface area contributed by atoms with E-state index >= 15 is 0 Å². The van der Waals surface area contributed by atoms with E-state index in [4.69, 9.17) is 4.74 Å². The SMILES string of the molecule is CCn1c(SCC(=O)N[C@H](C)[C@H]2C[C@H]3CC[C@H]2C3)nnc1N1CCOCC1. The summed E-state index contributed by atoms with van der Waals surface area (Å²) >= 11 is 1.48. The van der Waals surface area contributed by atoms with E-state index in [1.165, 1.54) is 37.4 Å². The van der Waals surface area contributed by atoms with E-state index in [2.05, 4.69) is 38.8 Å². The first kappa shape index (κ1) is 19.1. The van der Waals surface area contributed by atoms with Gasteiger partial charge in [-0.05, 0) is 50.9 Å². The first-order valence-corrected chi connectivity index (χ1v) is 11.3. The fourth-order valence-corrected chi connectivity index (χ4v) is 5.91. The van der Waals surface area contributed by atoms with E-state index in [9.17, 15) is 4.79 Å². The van der Waals surface area contributed by atoms with Crippen molar-refractivity contribution in [1.29, 1.82) is 0 Å². The number of rotatable bonds is 7. The Morgan fingerprint density at radius 3 is 2.78 bits per heavy atom. The lowest BCUT2D eigenvalue weighted by molar-refractivity contribution is -0.119. The quantitative estimate of drug-likeness (QED) is 0.716. The summed E-state index contributed by atoms with van der Waals surface area (Å²) in [5.74, 6) is 3.80. The topological polar surface area (TPSA) is 72.3 Å². The molecule has 4 rings (SSSR count). The highest BCUT2D eigenvalue weighted by molar-refractivity contribution is 7.99. The molecule has 3 aliphatic rings. The Balaban J connectivity index is 1.30. The van der Waals surface area contributed by atoms with Crippen molar-refractivity contribution in [2.24, 2.45) is 17.8 Å². The molecule has 1 aromatic rings. The predicted molar refractivity (Wildman–Crippen MR) is 106 cm³/mol. The molecule has 8 heteroatoms. The molecule has 1 amide bonds. The number of carbonyl (C=O) groups is 1. The van der Waals surface area contributed by atoms with E-state index in [-0.39, 0.29) is 11.9 Å². The molecular formula is C19H31N5O2S. The van der Waals surface area contributed by atoms with Crippen LogP contribution in [-0.4, -0.2) is 58.8 Å². The summed E-state index contributed by atoms with van der Waals surface area (Å²) in [4.78, 5) is 14.7. The number of morpholine rings is 1. The molecule has 1 aliphatic heterocycles. The number of anilines is 1. The van der Waals surface area contributed by atoms with Gasteiger partial charge in [0.2, 0.25) is 11.9 Å². The summed E-state index contributed by atoms with van der Waals surface area (Å²) in [7, 11) is 0. The largest absolute Gasteiger partial charge is 0.378 e. The van der Waals surface area contributed by atoms with E-state index in [0.717, 1.165) is 55.8 Å². The van der Waals surface area contributed by atoms with Gasteiger partial charge in [-0.25, -0.2) is 0 Å². The Morgan fingerprint density at radius 1 is 1.30 bits per heavy atom. The van der Waals surface area contributed by atoms with Gasteiger partial charge in [0.15, 0.2) is 5.16 Å². The van der Waals surface area contributed by atoms with E-state index in [0.29, 0.717) is 11.7 Å². The Morgan fingerprint density at radius 2 is 2.11 bits per heavy atom. The van der Waals surface area contributed by atoms with Crippen LogP contribution >= 0.6 is 11.8 Å². The Kier molecular flexibility index (Phi) is 5.92. The minimum atomic E-state index is 0.105. The fraction of sp³-hybridized carbons (Fsp3) is 0.842. The number of fused-ring (bicyclic) bond motifs is 2. The Hall–Kier alpha value is -1.28. The van der Waals surface area contributed by atoms with Gasteiger partial charge < -0.3 is 15.0 Å². The second kappa shape index (κ2) is 8.39. The van der Waals surface area contributed by atoms with Gasteiger partial charge in [0.25, 0.3) is 0 Å². The van der Waals surface area contributed by atoms with Crippen LogP contribution in [0.2, 0.25) is 0 Å². The summed E-state index contributed by atoms with van der Waals surface area (Å²) < 4.78 is 7.52. The van der Waals surface area contributed by atoms with E-state index in [1.807, 2.05) is 0 Å². The number of thioether (sulfide) groups is 1. The normalized spacial score (nSPS) is 28.5. The highest BCUT2D eigenvalue weighted by Crippen LogP contribution is 2.49. The van der Waals surface area contributed by atoms with Crippen LogP contribution in [0, 0.1) is 17.8 Å². The van der Waals surface area contributed by atoms with Crippen molar-refractivity contribution in [3.63, 3.8) is 0 Å². The minimum absolute atomic E-state index is 0.105. The molecule has 0 aromatic carbocycles. The molecule has 0 radical (unpaired) electrons. The summed E-state index contributed by atoms with van der Waals surface area (Å²) in [5.41, 5.74) is 0. The second-order valence-corrected chi connectivity index (χ2v) is 9.05. The van der Waals surface area contributed by atoms with Crippen LogP contribution in [-0.2, 0) is 16.1 Å². The predicted octanol–water partition coefficient (Wildman–Crippen LogP) is 2.17. The van der Waals surface area contributed by atoms with Gasteiger partial charge in [-0.1, -0.05) is 18.2 Å². The molecule has 27 heavy (non-hydrogen) atoms. The van der Waals surface area contributed by atoms with Gasteiger partial charge in [0.1, 0.15) is 0 Å². The molecule has 2 saturated carbocycles. The molecule has 2 heterocycles. The van der Waals surface area contributed by atoms with Gasteiger partial charge in [-0.15, -0.1) is 10.2 Å². The summed E-state index contributed by atoms with van der Waals surface area (Å²) in [6.45, 7) is 8.19. The lowest BCUT2D eigenvalue weighted by Gasteiger charge is -2.28. The van der Waals surface area contributed by atoms with Crippen molar-refractivity contribution < 1.29 is 9.53 Å². The molecule has 2 bridgehead atoms. The fourth-order valence-electron chi connectivity index (χ4n) is 5.10. The van der Waals surface area contributed by atoms with Crippen LogP contribution < -0.4 is 10.2 Å². The average molecular weight is 394 g/mol. The standard InChI is InChI=1S/C19H31N5O2S/c1-3-24-18(23-6-8-26-9-7-23)21-22-19(24)27-12-17(25)20-13(2)16-11-14-4-5-15(16)10-14/h13-16H,3-12H2,1-2H3,(H,20,25)/t13-,14+,15+,16-/m1/s1. The number of nitrogens with zero attached hydrogens (tertiary/aromatic N) is 4. The average Bonchev–Trinajstić information content (AvgIpc) is 3.42. The van der Waals surface area contributed by atoms with Crippen molar-refractivity contribution in [3.8, 4) is 0 Å². The van der Waals surface area contributed by atoms with Crippen molar-refractivity contribution >= 4 is 23.6 Å². The van der Waals surface area contributed by atoms with Crippen molar-refractivity contribution in [3.05, 3.63) is 0 Å². The van der Waals surface area contributed by atoms with Crippen LogP contribution in [0.1, 0.15) is 39.5 Å². The molecule has 2 aliphatic carbocycles. The molecule has 1 aromatic heterocycles. The molecule has 0 unspecified atom stereocenters. The third-order valence-corrected chi connectivity index (χ3v) is 7.43. The Labute approximate surface area is 165 Å². The third kappa shape index (κ3) is 4.11. The van der Waals surface area contributed by atoms with Gasteiger partial charge in [0, 0.05) is 25.7 Å². The smallest absolute Gasteiger partial charge is 0.230 e. The van der Waals surface area contributed by atoms with Crippen molar-refractivity contribution in [2.75, 3.05) is 37.0 Å². The lowest BCUT2D eigenvalue weighted by atomic mass is 9.84. The first-order valence-electron chi connectivity index (χ1n) is 10.3. The highest BCUT2D eigenvalue weighted by Gasteiger charge is 2.42. The van der Waals surface area contributed by atoms with Crippen LogP contribution in [0.4, 0.5) is 5.95 Å². The number of aromatic nitrogens is 3. The van der Waals surface area contributed by atoms with Gasteiger partial charge in [0.05, 0.1) is 19.0 Å². The molecular weight excluding hydrogens is 362 g/mol. The van der Waals surface area contributed by atoms with Gasteiger partial charge >= 0.3 is 0 Å². The molecule has 1 saturated heterocycles. The zero-order chi connectivity index (χ0) is 18.8. The first-order chi connectivity index (χ1) is 13.2. The molecule has 3 fully saturated rings. The van der Waals surface area contributed by atoms with Crippen molar-refractivity contribution in [1.82, 2.24) is 20.1 Å².